The molecule has 10 aromatic carbocycles. The van der Waals surface area contributed by atoms with Gasteiger partial charge in [0.15, 0.2) is 0 Å². The van der Waals surface area contributed by atoms with Gasteiger partial charge in [-0.1, -0.05) is 309 Å². The predicted octanol–water partition coefficient (Wildman–Crippen LogP) is 27.4. The van der Waals surface area contributed by atoms with Gasteiger partial charge in [0.05, 0.1) is 36.7 Å². The number of Topliss-reactive ketones (excluding diaryl/α,β-unsaturated/α-hetero) is 1. The number of alkyl carbamates (subject to hydrolysis) is 1. The molecular formula is C129H130N4O5. The standard InChI is InChI=1S/C22H23NO.C21H19NO2.C20H15NO2.C17H14.C16H11N.3C11H16/c1-2-3-4-5-14-22(24)23-17-20-12-7-6-10-18(20)15-16-19-11-8-9-13-21(19)23;1-16(23)7-6-12-21(24)22-15-19-10-3-2-8-17(19)13-14-18-9-4-5-11-20(18)22;1-2-13-21-20(22)23-19-14-17-9-4-3-7-15(17)11-12-16-8-5-6-10-18(16)19;1-13-12-16-8-3-2-6-14(16)10-11-15-7-4-5-9-17(13)15;1-12-15-8-4-2-6-13(15)10-11-14-7-3-5-9-16(14)17-12;3*1-2-9-10-7-5-3-4-6-8-11(9)10/h6-13H,2-5,14,17H2,1H3;2-5,8-11H,6-7,12,15H2,1H3;1,3-10,19H,13-14H2,(H,21,22);2-9,13H,12H2,1H3;2-9,17H,1H2;3*9-11H,2,5-8H2,1H3. The number of rotatable bonds is 14. The first-order chi connectivity index (χ1) is 67.7. The van der Waals surface area contributed by atoms with Gasteiger partial charge in [0.1, 0.15) is 11.9 Å². The van der Waals surface area contributed by atoms with Crippen LogP contribution in [0, 0.1) is 160 Å². The first-order valence-electron chi connectivity index (χ1n) is 50.5. The fourth-order valence-electron chi connectivity index (χ4n) is 20.7. The summed E-state index contributed by atoms with van der Waals surface area (Å²) >= 11 is 0. The van der Waals surface area contributed by atoms with Crippen molar-refractivity contribution in [1.29, 1.82) is 0 Å². The number of para-hydroxylation sites is 3. The third kappa shape index (κ3) is 28.0. The van der Waals surface area contributed by atoms with Crippen LogP contribution < -0.4 is 20.4 Å². The molecule has 10 aromatic rings. The Labute approximate surface area is 823 Å². The van der Waals surface area contributed by atoms with Gasteiger partial charge in [-0.25, -0.2) is 4.79 Å². The fraction of sp³-hybridized carbons (Fsp3) is 0.349. The van der Waals surface area contributed by atoms with Crippen molar-refractivity contribution in [3.8, 4) is 107 Å². The highest BCUT2D eigenvalue weighted by Gasteiger charge is 2.49. The third-order valence-electron chi connectivity index (χ3n) is 28.3. The number of benzene rings is 10. The van der Waals surface area contributed by atoms with Gasteiger partial charge in [0.25, 0.3) is 0 Å². The van der Waals surface area contributed by atoms with Crippen molar-refractivity contribution in [2.45, 2.75) is 227 Å². The lowest BCUT2D eigenvalue weighted by Gasteiger charge is -2.26. The summed E-state index contributed by atoms with van der Waals surface area (Å²) in [6.07, 6.45) is 31.8. The van der Waals surface area contributed by atoms with E-state index >= 15 is 0 Å². The second-order valence-corrected chi connectivity index (χ2v) is 37.4. The number of anilines is 3. The van der Waals surface area contributed by atoms with Gasteiger partial charge in [-0.2, -0.15) is 0 Å². The monoisotopic (exact) mass is 1820 g/mol. The van der Waals surface area contributed by atoms with Gasteiger partial charge in [-0.3, -0.25) is 9.59 Å². The number of unbranched alkanes of at least 4 members (excludes halogenated alkanes) is 3. The number of nitrogens with zero attached hydrogens (tertiary/aromatic N) is 2. The van der Waals surface area contributed by atoms with Crippen LogP contribution in [0.3, 0.4) is 0 Å². The third-order valence-corrected chi connectivity index (χ3v) is 28.3. The minimum Gasteiger partial charge on any atom is -0.441 e. The van der Waals surface area contributed by atoms with E-state index in [1.165, 1.54) is 92.9 Å². The van der Waals surface area contributed by atoms with Gasteiger partial charge in [0, 0.05) is 137 Å². The van der Waals surface area contributed by atoms with Crippen molar-refractivity contribution >= 4 is 46.5 Å². The summed E-state index contributed by atoms with van der Waals surface area (Å²) in [7, 11) is 0. The second-order valence-electron chi connectivity index (χ2n) is 37.4. The highest BCUT2D eigenvalue weighted by molar-refractivity contribution is 5.96. The van der Waals surface area contributed by atoms with Gasteiger partial charge in [-0.05, 0) is 231 Å². The Bertz CT molecular complexity index is 6410. The Morgan fingerprint density at radius 2 is 0.739 bits per heavy atom. The SMILES string of the molecule is C#CCNC(=O)OC1Cc2ccccc2C#Cc2ccccc21.C=C1Nc2ccccc2C#Cc2ccccc21.CC(=O)CCCC(=O)N1Cc2ccccc2C#Cc2ccccc21.CC1Cc2ccccc2C#Cc2ccccc21.CCC1C2CCC#CCCC12.CCC1C2CCC#CCCC12.CCC1C2CCC#CCCC12.CCCCCCC(=O)N1Cc2ccccc2C#Cc2ccccc21. The van der Waals surface area contributed by atoms with Crippen LogP contribution in [0.15, 0.2) is 249 Å². The zero-order valence-corrected chi connectivity index (χ0v) is 81.5. The molecule has 8 unspecified atom stereocenters. The summed E-state index contributed by atoms with van der Waals surface area (Å²) in [5, 5.41) is 5.86. The average Bonchev–Trinajstić information content (AvgIpc) is 1.64. The van der Waals surface area contributed by atoms with Crippen molar-refractivity contribution in [3.63, 3.8) is 0 Å². The van der Waals surface area contributed by atoms with E-state index in [1.54, 1.807) is 11.8 Å². The number of carbonyl (C=O) groups excluding carboxylic acids is 4. The van der Waals surface area contributed by atoms with E-state index < -0.39 is 12.2 Å². The Kier molecular flexibility index (Phi) is 37.2. The normalized spacial score (nSPS) is 20.1. The van der Waals surface area contributed by atoms with E-state index in [4.69, 9.17) is 11.2 Å². The Balaban J connectivity index is 0.000000128. The Hall–Kier alpha value is -14.3. The molecule has 0 spiro atoms. The molecule has 3 saturated carbocycles. The molecule has 8 atom stereocenters. The number of fused-ring (bicyclic) bond motifs is 13. The molecule has 138 heavy (non-hydrogen) atoms. The maximum absolute atomic E-state index is 12.9. The van der Waals surface area contributed by atoms with E-state index in [2.05, 4.69) is 207 Å². The fourth-order valence-corrected chi connectivity index (χ4v) is 20.7. The number of ether oxygens (including phenoxy) is 1. The molecule has 0 radical (unpaired) electrons. The van der Waals surface area contributed by atoms with E-state index in [9.17, 15) is 19.2 Å². The summed E-state index contributed by atoms with van der Waals surface area (Å²) in [4.78, 5) is 52.4. The van der Waals surface area contributed by atoms with Crippen LogP contribution in [-0.2, 0) is 45.1 Å². The van der Waals surface area contributed by atoms with Crippen LogP contribution in [0.25, 0.3) is 5.70 Å². The minimum atomic E-state index is -0.520. The molecular weight excluding hydrogens is 1690 g/mol. The minimum absolute atomic E-state index is 0.0298. The lowest BCUT2D eigenvalue weighted by Crippen LogP contribution is -2.31. The van der Waals surface area contributed by atoms with E-state index in [1.807, 2.05) is 193 Å². The Morgan fingerprint density at radius 1 is 0.391 bits per heavy atom. The van der Waals surface area contributed by atoms with Crippen molar-refractivity contribution in [2.75, 3.05) is 21.7 Å². The quantitative estimate of drug-likeness (QED) is 0.0829. The molecule has 21 rings (SSSR count). The number of nitrogens with one attached hydrogen (secondary N) is 2. The lowest BCUT2D eigenvalue weighted by molar-refractivity contribution is -0.120. The van der Waals surface area contributed by atoms with Crippen molar-refractivity contribution in [1.82, 2.24) is 5.32 Å². The van der Waals surface area contributed by atoms with Crippen LogP contribution in [0.1, 0.15) is 296 Å². The van der Waals surface area contributed by atoms with Crippen molar-refractivity contribution in [2.24, 2.45) is 53.3 Å². The van der Waals surface area contributed by atoms with E-state index in [0.717, 1.165) is 206 Å². The molecule has 11 aliphatic rings. The number of ketones is 1. The van der Waals surface area contributed by atoms with E-state index in [0.29, 0.717) is 51.1 Å². The molecule has 0 bridgehead atoms. The highest BCUT2D eigenvalue weighted by Crippen LogP contribution is 2.56. The topological polar surface area (TPSA) is 108 Å². The van der Waals surface area contributed by atoms with Crippen LogP contribution >= 0.6 is 0 Å². The summed E-state index contributed by atoms with van der Waals surface area (Å²) < 4.78 is 5.60. The molecule has 8 aliphatic carbocycles. The summed E-state index contributed by atoms with van der Waals surface area (Å²) in [5.74, 6) is 64.5. The van der Waals surface area contributed by atoms with Crippen LogP contribution in [0.4, 0.5) is 21.9 Å². The number of hydrogen-bond donors (Lipinski definition) is 2. The number of carbonyl (C=O) groups is 4. The lowest BCUT2D eigenvalue weighted by atomic mass is 9.87. The van der Waals surface area contributed by atoms with Crippen molar-refractivity contribution in [3.05, 3.63) is 344 Å². The van der Waals surface area contributed by atoms with Crippen LogP contribution in [0.2, 0.25) is 0 Å². The molecule has 3 fully saturated rings. The molecule has 9 heteroatoms. The summed E-state index contributed by atoms with van der Waals surface area (Å²) in [6.45, 7) is 18.3. The molecule has 2 N–H and O–H groups in total. The maximum atomic E-state index is 12.9. The number of amides is 3. The maximum Gasteiger partial charge on any atom is 0.408 e. The van der Waals surface area contributed by atoms with Gasteiger partial charge < -0.3 is 30.0 Å². The largest absolute Gasteiger partial charge is 0.441 e. The van der Waals surface area contributed by atoms with Crippen molar-refractivity contribution < 1.29 is 23.9 Å². The molecule has 3 amide bonds. The molecule has 0 saturated heterocycles. The molecule has 9 nitrogen and oxygen atoms in total. The molecule has 696 valence electrons. The first kappa shape index (κ1) is 99.6. The molecule has 0 aromatic heterocycles. The van der Waals surface area contributed by atoms with Gasteiger partial charge in [-0.15, -0.1) is 41.9 Å². The average molecular weight is 1820 g/mol. The van der Waals surface area contributed by atoms with Gasteiger partial charge in [0.2, 0.25) is 11.8 Å². The first-order valence-corrected chi connectivity index (χ1v) is 50.5. The zero-order chi connectivity index (χ0) is 96.2. The molecule has 3 heterocycles. The van der Waals surface area contributed by atoms with Gasteiger partial charge >= 0.3 is 6.09 Å². The summed E-state index contributed by atoms with van der Waals surface area (Å²) in [5.41, 5.74) is 21.5. The number of hydrogen-bond acceptors (Lipinski definition) is 6. The second kappa shape index (κ2) is 51.6. The van der Waals surface area contributed by atoms with Crippen LogP contribution in [0.5, 0.6) is 0 Å². The smallest absolute Gasteiger partial charge is 0.408 e. The van der Waals surface area contributed by atoms with E-state index in [-0.39, 0.29) is 24.1 Å². The predicted molar refractivity (Wildman–Crippen MR) is 566 cm³/mol. The van der Waals surface area contributed by atoms with Crippen LogP contribution in [-0.4, -0.2) is 30.2 Å². The Morgan fingerprint density at radius 3 is 1.20 bits per heavy atom. The molecule has 3 aliphatic heterocycles. The summed E-state index contributed by atoms with van der Waals surface area (Å²) in [6, 6.07) is 80.3. The number of terminal acetylenes is 1. The highest BCUT2D eigenvalue weighted by atomic mass is 16.6. The zero-order valence-electron chi connectivity index (χ0n) is 81.5.